The zero-order valence-corrected chi connectivity index (χ0v) is 14.9. The normalized spacial score (nSPS) is 21.8. The summed E-state index contributed by atoms with van der Waals surface area (Å²) in [7, 11) is 0. The third-order valence-electron chi connectivity index (χ3n) is 5.26. The molecule has 0 unspecified atom stereocenters. The first kappa shape index (κ1) is 16.0. The Morgan fingerprint density at radius 3 is 2.83 bits per heavy atom. The smallest absolute Gasteiger partial charge is 0.223 e. The summed E-state index contributed by atoms with van der Waals surface area (Å²) in [6.07, 6.45) is 6.33. The van der Waals surface area contributed by atoms with E-state index in [4.69, 9.17) is 0 Å². The number of para-hydroxylation sites is 1. The number of amides is 1. The van der Waals surface area contributed by atoms with E-state index in [2.05, 4.69) is 20.9 Å². The van der Waals surface area contributed by atoms with Gasteiger partial charge in [-0.15, -0.1) is 11.3 Å². The van der Waals surface area contributed by atoms with Crippen LogP contribution in [-0.2, 0) is 11.2 Å². The number of likely N-dealkylation sites (tertiary alicyclic amines) is 2. The molecule has 2 saturated heterocycles. The van der Waals surface area contributed by atoms with Crippen molar-refractivity contribution < 1.29 is 4.79 Å². The number of hydrogen-bond acceptors (Lipinski definition) is 4. The van der Waals surface area contributed by atoms with Crippen molar-refractivity contribution in [2.45, 2.75) is 44.6 Å². The standard InChI is InChI=1S/C19H25N3OS/c23-19(10-9-18-20-16-7-1-2-8-17(16)24-18)22-13-5-6-15(22)14-21-11-3-4-12-21/h1-2,7-8,15H,3-6,9-14H2/t15-/m0/s1. The number of benzene rings is 1. The maximum atomic E-state index is 12.7. The van der Waals surface area contributed by atoms with Gasteiger partial charge < -0.3 is 9.80 Å². The van der Waals surface area contributed by atoms with Gasteiger partial charge in [-0.05, 0) is 50.9 Å². The minimum absolute atomic E-state index is 0.316. The summed E-state index contributed by atoms with van der Waals surface area (Å²) in [6, 6.07) is 8.65. The van der Waals surface area contributed by atoms with Crippen LogP contribution in [0.4, 0.5) is 0 Å². The van der Waals surface area contributed by atoms with Crippen molar-refractivity contribution in [1.29, 1.82) is 0 Å². The van der Waals surface area contributed by atoms with Gasteiger partial charge in [0.2, 0.25) is 5.91 Å². The number of aryl methyl sites for hydroxylation is 1. The molecule has 1 aromatic carbocycles. The van der Waals surface area contributed by atoms with Crippen LogP contribution in [0.5, 0.6) is 0 Å². The Bertz CT molecular complexity index is 674. The topological polar surface area (TPSA) is 36.4 Å². The molecule has 2 aliphatic rings. The molecule has 128 valence electrons. The largest absolute Gasteiger partial charge is 0.338 e. The molecule has 2 fully saturated rings. The van der Waals surface area contributed by atoms with Crippen molar-refractivity contribution in [2.75, 3.05) is 26.2 Å². The van der Waals surface area contributed by atoms with Crippen LogP contribution in [0, 0.1) is 0 Å². The summed E-state index contributed by atoms with van der Waals surface area (Å²) in [5.74, 6) is 0.316. The van der Waals surface area contributed by atoms with Crippen molar-refractivity contribution in [1.82, 2.24) is 14.8 Å². The van der Waals surface area contributed by atoms with Gasteiger partial charge in [0.25, 0.3) is 0 Å². The van der Waals surface area contributed by atoms with Crippen LogP contribution in [-0.4, -0.2) is 52.9 Å². The Morgan fingerprint density at radius 1 is 1.17 bits per heavy atom. The molecule has 24 heavy (non-hydrogen) atoms. The van der Waals surface area contributed by atoms with E-state index < -0.39 is 0 Å². The van der Waals surface area contributed by atoms with Gasteiger partial charge in [0.1, 0.15) is 0 Å². The SMILES string of the molecule is O=C(CCc1nc2ccccc2s1)N1CCC[C@H]1CN1CCCC1. The van der Waals surface area contributed by atoms with E-state index in [1.54, 1.807) is 11.3 Å². The van der Waals surface area contributed by atoms with Gasteiger partial charge in [0.05, 0.1) is 15.2 Å². The average Bonchev–Trinajstić information content (AvgIpc) is 3.33. The zero-order valence-electron chi connectivity index (χ0n) is 14.1. The van der Waals surface area contributed by atoms with Gasteiger partial charge in [0.15, 0.2) is 0 Å². The molecular weight excluding hydrogens is 318 g/mol. The number of nitrogens with zero attached hydrogens (tertiary/aromatic N) is 3. The predicted molar refractivity (Wildman–Crippen MR) is 98.4 cm³/mol. The number of rotatable bonds is 5. The Kier molecular flexibility index (Phi) is 4.81. The molecule has 3 heterocycles. The van der Waals surface area contributed by atoms with E-state index >= 15 is 0 Å². The molecule has 4 rings (SSSR count). The van der Waals surface area contributed by atoms with Crippen LogP contribution < -0.4 is 0 Å². The zero-order chi connectivity index (χ0) is 16.4. The first-order valence-electron chi connectivity index (χ1n) is 9.16. The van der Waals surface area contributed by atoms with E-state index in [0.29, 0.717) is 18.4 Å². The van der Waals surface area contributed by atoms with Gasteiger partial charge in [0, 0.05) is 32.0 Å². The number of hydrogen-bond donors (Lipinski definition) is 0. The lowest BCUT2D eigenvalue weighted by molar-refractivity contribution is -0.132. The van der Waals surface area contributed by atoms with Crippen LogP contribution in [0.3, 0.4) is 0 Å². The van der Waals surface area contributed by atoms with Crippen molar-refractivity contribution >= 4 is 27.5 Å². The maximum Gasteiger partial charge on any atom is 0.223 e. The number of carbonyl (C=O) groups is 1. The Morgan fingerprint density at radius 2 is 2.00 bits per heavy atom. The lowest BCUT2D eigenvalue weighted by atomic mass is 10.2. The summed E-state index contributed by atoms with van der Waals surface area (Å²) in [6.45, 7) is 4.44. The summed E-state index contributed by atoms with van der Waals surface area (Å²) in [4.78, 5) is 22.0. The van der Waals surface area contributed by atoms with Crippen LogP contribution in [0.25, 0.3) is 10.2 Å². The molecule has 4 nitrogen and oxygen atoms in total. The second-order valence-corrected chi connectivity index (χ2v) is 8.08. The third kappa shape index (κ3) is 3.47. The van der Waals surface area contributed by atoms with E-state index in [9.17, 15) is 4.79 Å². The first-order chi connectivity index (χ1) is 11.8. The van der Waals surface area contributed by atoms with E-state index in [-0.39, 0.29) is 0 Å². The molecule has 0 aliphatic carbocycles. The fourth-order valence-electron chi connectivity index (χ4n) is 4.00. The Labute approximate surface area is 147 Å². The second kappa shape index (κ2) is 7.19. The van der Waals surface area contributed by atoms with Gasteiger partial charge in [-0.3, -0.25) is 4.79 Å². The van der Waals surface area contributed by atoms with Crippen LogP contribution >= 0.6 is 11.3 Å². The molecular formula is C19H25N3OS. The number of fused-ring (bicyclic) bond motifs is 1. The lowest BCUT2D eigenvalue weighted by Crippen LogP contribution is -2.42. The molecule has 1 amide bonds. The molecule has 0 N–H and O–H groups in total. The van der Waals surface area contributed by atoms with Crippen molar-refractivity contribution in [2.24, 2.45) is 0 Å². The van der Waals surface area contributed by atoms with Gasteiger partial charge in [-0.1, -0.05) is 12.1 Å². The van der Waals surface area contributed by atoms with Crippen LogP contribution in [0.1, 0.15) is 37.1 Å². The lowest BCUT2D eigenvalue weighted by Gasteiger charge is -2.28. The van der Waals surface area contributed by atoms with Gasteiger partial charge >= 0.3 is 0 Å². The molecule has 0 bridgehead atoms. The molecule has 2 aliphatic heterocycles. The fourth-order valence-corrected chi connectivity index (χ4v) is 4.97. The summed E-state index contributed by atoms with van der Waals surface area (Å²) >= 11 is 1.72. The highest BCUT2D eigenvalue weighted by molar-refractivity contribution is 7.18. The van der Waals surface area contributed by atoms with Gasteiger partial charge in [-0.25, -0.2) is 4.98 Å². The highest BCUT2D eigenvalue weighted by atomic mass is 32.1. The number of carbonyl (C=O) groups excluding carboxylic acids is 1. The number of aromatic nitrogens is 1. The molecule has 1 aromatic heterocycles. The van der Waals surface area contributed by atoms with Crippen LogP contribution in [0.15, 0.2) is 24.3 Å². The second-order valence-electron chi connectivity index (χ2n) is 6.97. The average molecular weight is 343 g/mol. The minimum atomic E-state index is 0.316. The Hall–Kier alpha value is -1.46. The molecule has 0 radical (unpaired) electrons. The molecule has 1 atom stereocenters. The monoisotopic (exact) mass is 343 g/mol. The first-order valence-corrected chi connectivity index (χ1v) is 9.97. The maximum absolute atomic E-state index is 12.7. The van der Waals surface area contributed by atoms with E-state index in [1.165, 1.54) is 37.1 Å². The molecule has 2 aromatic rings. The number of thiazole rings is 1. The molecule has 5 heteroatoms. The Balaban J connectivity index is 1.34. The fraction of sp³-hybridized carbons (Fsp3) is 0.579. The summed E-state index contributed by atoms with van der Waals surface area (Å²) in [5.41, 5.74) is 1.05. The highest BCUT2D eigenvalue weighted by Crippen LogP contribution is 2.24. The van der Waals surface area contributed by atoms with Crippen molar-refractivity contribution in [3.05, 3.63) is 29.3 Å². The van der Waals surface area contributed by atoms with E-state index in [0.717, 1.165) is 36.5 Å². The predicted octanol–water partition coefficient (Wildman–Crippen LogP) is 3.32. The van der Waals surface area contributed by atoms with Crippen molar-refractivity contribution in [3.8, 4) is 0 Å². The highest BCUT2D eigenvalue weighted by Gasteiger charge is 2.30. The summed E-state index contributed by atoms with van der Waals surface area (Å²) in [5, 5.41) is 1.08. The van der Waals surface area contributed by atoms with Gasteiger partial charge in [-0.2, -0.15) is 0 Å². The third-order valence-corrected chi connectivity index (χ3v) is 6.35. The minimum Gasteiger partial charge on any atom is -0.338 e. The molecule has 0 spiro atoms. The van der Waals surface area contributed by atoms with E-state index in [1.807, 2.05) is 18.2 Å². The van der Waals surface area contributed by atoms with Crippen molar-refractivity contribution in [3.63, 3.8) is 0 Å². The van der Waals surface area contributed by atoms with Crippen LogP contribution in [0.2, 0.25) is 0 Å². The molecule has 0 saturated carbocycles. The quantitative estimate of drug-likeness (QED) is 0.836. The summed E-state index contributed by atoms with van der Waals surface area (Å²) < 4.78 is 1.22.